The van der Waals surface area contributed by atoms with Gasteiger partial charge >= 0.3 is 0 Å². The first-order chi connectivity index (χ1) is 18.1. The molecule has 1 N–H and O–H groups in total. The molecule has 0 fully saturated rings. The summed E-state index contributed by atoms with van der Waals surface area (Å²) in [6.07, 6.45) is 1.23. The highest BCUT2D eigenvalue weighted by molar-refractivity contribution is 5.88. The van der Waals surface area contributed by atoms with Crippen molar-refractivity contribution in [2.45, 2.75) is 78.4 Å². The number of carbonyl (C=O) groups is 2. The van der Waals surface area contributed by atoms with E-state index in [1.165, 1.54) is 5.56 Å². The van der Waals surface area contributed by atoms with Crippen molar-refractivity contribution in [2.75, 3.05) is 6.61 Å². The van der Waals surface area contributed by atoms with Crippen LogP contribution in [0, 0.1) is 6.92 Å². The van der Waals surface area contributed by atoms with E-state index in [9.17, 15) is 9.59 Å². The lowest BCUT2D eigenvalue weighted by Crippen LogP contribution is -2.53. The van der Waals surface area contributed by atoms with Crippen molar-refractivity contribution in [3.8, 4) is 5.75 Å². The fraction of sp³-hybridized carbons (Fsp3) is 0.394. The summed E-state index contributed by atoms with van der Waals surface area (Å²) in [5, 5.41) is 3.10. The van der Waals surface area contributed by atoms with Crippen LogP contribution in [0.4, 0.5) is 0 Å². The molecule has 0 bridgehead atoms. The molecular weight excluding hydrogens is 472 g/mol. The zero-order chi connectivity index (χ0) is 27.7. The molecule has 38 heavy (non-hydrogen) atoms. The van der Waals surface area contributed by atoms with Crippen molar-refractivity contribution in [2.24, 2.45) is 0 Å². The van der Waals surface area contributed by atoms with Gasteiger partial charge in [0.15, 0.2) is 6.61 Å². The topological polar surface area (TPSA) is 58.6 Å². The summed E-state index contributed by atoms with van der Waals surface area (Å²) in [4.78, 5) is 29.0. The normalized spacial score (nSPS) is 12.9. The minimum atomic E-state index is -0.674. The maximum absolute atomic E-state index is 13.7. The third-order valence-electron chi connectivity index (χ3n) is 6.83. The molecule has 3 aromatic rings. The number of rotatable bonds is 11. The van der Waals surface area contributed by atoms with E-state index in [1.807, 2.05) is 99.6 Å². The molecular formula is C33H42N2O3. The van der Waals surface area contributed by atoms with Crippen LogP contribution in [-0.2, 0) is 28.0 Å². The number of ether oxygens (including phenoxy) is 1. The van der Waals surface area contributed by atoms with Crippen LogP contribution in [0.25, 0.3) is 0 Å². The molecule has 0 radical (unpaired) electrons. The van der Waals surface area contributed by atoms with Gasteiger partial charge in [0, 0.05) is 19.0 Å². The molecule has 2 atom stereocenters. The summed E-state index contributed by atoms with van der Waals surface area (Å²) in [5.74, 6) is 0.245. The Morgan fingerprint density at radius 1 is 0.895 bits per heavy atom. The Bertz CT molecular complexity index is 1170. The van der Waals surface area contributed by atoms with Gasteiger partial charge in [0.25, 0.3) is 5.91 Å². The molecule has 5 heteroatoms. The number of nitrogens with one attached hydrogen (secondary N) is 1. The zero-order valence-corrected chi connectivity index (χ0v) is 23.7. The largest absolute Gasteiger partial charge is 0.484 e. The molecule has 3 rings (SSSR count). The van der Waals surface area contributed by atoms with Crippen LogP contribution in [0.15, 0.2) is 78.9 Å². The summed E-state index contributed by atoms with van der Waals surface area (Å²) >= 11 is 0. The summed E-state index contributed by atoms with van der Waals surface area (Å²) in [6.45, 7) is 12.7. The van der Waals surface area contributed by atoms with Gasteiger partial charge < -0.3 is 15.0 Å². The molecule has 0 heterocycles. The number of amides is 2. The predicted octanol–water partition coefficient (Wildman–Crippen LogP) is 6.23. The molecule has 5 nitrogen and oxygen atoms in total. The van der Waals surface area contributed by atoms with Crippen molar-refractivity contribution < 1.29 is 14.3 Å². The van der Waals surface area contributed by atoms with Crippen LogP contribution >= 0.6 is 0 Å². The Balaban J connectivity index is 1.88. The molecule has 202 valence electrons. The number of benzene rings is 3. The van der Waals surface area contributed by atoms with Crippen LogP contribution in [0.2, 0.25) is 0 Å². The number of hydrogen-bond acceptors (Lipinski definition) is 3. The Labute approximate surface area is 228 Å². The van der Waals surface area contributed by atoms with E-state index in [0.29, 0.717) is 18.7 Å². The van der Waals surface area contributed by atoms with E-state index in [2.05, 4.69) is 26.1 Å². The molecule has 2 unspecified atom stereocenters. The molecule has 2 amide bonds. The van der Waals surface area contributed by atoms with E-state index in [1.54, 1.807) is 4.90 Å². The van der Waals surface area contributed by atoms with Crippen molar-refractivity contribution in [1.29, 1.82) is 0 Å². The van der Waals surface area contributed by atoms with Gasteiger partial charge in [-0.15, -0.1) is 0 Å². The summed E-state index contributed by atoms with van der Waals surface area (Å²) < 4.78 is 5.93. The Hall–Kier alpha value is -3.60. The van der Waals surface area contributed by atoms with Crippen LogP contribution in [-0.4, -0.2) is 35.4 Å². The molecule has 0 aliphatic heterocycles. The van der Waals surface area contributed by atoms with Crippen molar-refractivity contribution in [3.63, 3.8) is 0 Å². The lowest BCUT2D eigenvalue weighted by Gasteiger charge is -2.32. The fourth-order valence-electron chi connectivity index (χ4n) is 4.16. The van der Waals surface area contributed by atoms with E-state index in [0.717, 1.165) is 23.1 Å². The Morgan fingerprint density at radius 2 is 1.53 bits per heavy atom. The molecule has 0 spiro atoms. The summed E-state index contributed by atoms with van der Waals surface area (Å²) in [5.41, 5.74) is 4.34. The summed E-state index contributed by atoms with van der Waals surface area (Å²) in [7, 11) is 0. The van der Waals surface area contributed by atoms with Gasteiger partial charge in [-0.05, 0) is 54.5 Å². The standard InChI is InChI=1S/C33H42N2O3/c1-7-25(3)34-32(37)30(21-26-11-9-8-10-12-26)35(22-27-15-13-24(2)14-16-27)31(36)23-38-29-19-17-28(18-20-29)33(4,5)6/h8-20,25,30H,7,21-23H2,1-6H3,(H,34,37). The van der Waals surface area contributed by atoms with Gasteiger partial charge in [-0.25, -0.2) is 0 Å². The fourth-order valence-corrected chi connectivity index (χ4v) is 4.16. The van der Waals surface area contributed by atoms with Gasteiger partial charge in [0.05, 0.1) is 0 Å². The van der Waals surface area contributed by atoms with Gasteiger partial charge in [0.2, 0.25) is 5.91 Å². The van der Waals surface area contributed by atoms with Crippen molar-refractivity contribution in [1.82, 2.24) is 10.2 Å². The second-order valence-corrected chi connectivity index (χ2v) is 11.1. The van der Waals surface area contributed by atoms with E-state index in [4.69, 9.17) is 4.74 Å². The SMILES string of the molecule is CCC(C)NC(=O)C(Cc1ccccc1)N(Cc1ccc(C)cc1)C(=O)COc1ccc(C(C)(C)C)cc1. The van der Waals surface area contributed by atoms with Gasteiger partial charge in [-0.3, -0.25) is 9.59 Å². The van der Waals surface area contributed by atoms with Crippen molar-refractivity contribution >= 4 is 11.8 Å². The molecule has 0 aromatic heterocycles. The maximum atomic E-state index is 13.7. The molecule has 0 saturated carbocycles. The van der Waals surface area contributed by atoms with E-state index >= 15 is 0 Å². The zero-order valence-electron chi connectivity index (χ0n) is 23.7. The van der Waals surface area contributed by atoms with Crippen LogP contribution < -0.4 is 10.1 Å². The first-order valence-corrected chi connectivity index (χ1v) is 13.5. The van der Waals surface area contributed by atoms with E-state index < -0.39 is 6.04 Å². The van der Waals surface area contributed by atoms with Gasteiger partial charge in [0.1, 0.15) is 11.8 Å². The molecule has 0 aliphatic rings. The summed E-state index contributed by atoms with van der Waals surface area (Å²) in [6, 6.07) is 25.1. The monoisotopic (exact) mass is 514 g/mol. The number of nitrogens with zero attached hydrogens (tertiary/aromatic N) is 1. The van der Waals surface area contributed by atoms with Gasteiger partial charge in [-0.1, -0.05) is 100.0 Å². The number of carbonyl (C=O) groups excluding carboxylic acids is 2. The highest BCUT2D eigenvalue weighted by Gasteiger charge is 2.31. The smallest absolute Gasteiger partial charge is 0.261 e. The molecule has 3 aromatic carbocycles. The minimum absolute atomic E-state index is 0.00896. The first kappa shape index (κ1) is 29.0. The Kier molecular flexibility index (Phi) is 10.1. The maximum Gasteiger partial charge on any atom is 0.261 e. The third-order valence-corrected chi connectivity index (χ3v) is 6.83. The van der Waals surface area contributed by atoms with Gasteiger partial charge in [-0.2, -0.15) is 0 Å². The number of hydrogen-bond donors (Lipinski definition) is 1. The van der Waals surface area contributed by atoms with Crippen LogP contribution in [0.3, 0.4) is 0 Å². The first-order valence-electron chi connectivity index (χ1n) is 13.5. The lowest BCUT2D eigenvalue weighted by molar-refractivity contribution is -0.143. The second kappa shape index (κ2) is 13.3. The quantitative estimate of drug-likeness (QED) is 0.330. The third kappa shape index (κ3) is 8.47. The Morgan fingerprint density at radius 3 is 2.11 bits per heavy atom. The molecule has 0 saturated heterocycles. The lowest BCUT2D eigenvalue weighted by atomic mass is 9.87. The highest BCUT2D eigenvalue weighted by Crippen LogP contribution is 2.24. The number of aryl methyl sites for hydroxylation is 1. The van der Waals surface area contributed by atoms with E-state index in [-0.39, 0.29) is 29.9 Å². The molecule has 0 aliphatic carbocycles. The second-order valence-electron chi connectivity index (χ2n) is 11.1. The van der Waals surface area contributed by atoms with Crippen molar-refractivity contribution in [3.05, 3.63) is 101 Å². The average Bonchev–Trinajstić information content (AvgIpc) is 2.90. The predicted molar refractivity (Wildman–Crippen MR) is 154 cm³/mol. The van der Waals surface area contributed by atoms with Crippen LogP contribution in [0.5, 0.6) is 5.75 Å². The van der Waals surface area contributed by atoms with Crippen LogP contribution in [0.1, 0.15) is 63.3 Å². The average molecular weight is 515 g/mol. The minimum Gasteiger partial charge on any atom is -0.484 e. The highest BCUT2D eigenvalue weighted by atomic mass is 16.5.